The van der Waals surface area contributed by atoms with Crippen LogP contribution in [-0.4, -0.2) is 25.9 Å². The van der Waals surface area contributed by atoms with E-state index in [1.54, 1.807) is 56.7 Å². The number of carbonyl (C=O) groups is 2. The van der Waals surface area contributed by atoms with E-state index in [0.717, 1.165) is 5.56 Å². The second kappa shape index (κ2) is 10.8. The van der Waals surface area contributed by atoms with Crippen molar-refractivity contribution in [1.29, 1.82) is 0 Å². The number of anilines is 1. The van der Waals surface area contributed by atoms with E-state index < -0.39 is 0 Å². The second-order valence-electron chi connectivity index (χ2n) is 6.98. The van der Waals surface area contributed by atoms with Gasteiger partial charge in [-0.3, -0.25) is 9.59 Å². The highest BCUT2D eigenvalue weighted by Gasteiger charge is 2.14. The molecule has 0 heterocycles. The van der Waals surface area contributed by atoms with Gasteiger partial charge in [-0.1, -0.05) is 30.3 Å². The number of hydrogen-bond acceptors (Lipinski definition) is 5. The third-order valence-electron chi connectivity index (χ3n) is 4.70. The Morgan fingerprint density at radius 1 is 0.906 bits per heavy atom. The Hall–Kier alpha value is -4.06. The summed E-state index contributed by atoms with van der Waals surface area (Å²) in [6.45, 7) is 1.87. The lowest BCUT2D eigenvalue weighted by Crippen LogP contribution is -2.07. The van der Waals surface area contributed by atoms with Gasteiger partial charge in [-0.2, -0.15) is 0 Å². The fourth-order valence-electron chi connectivity index (χ4n) is 3.01. The number of Topliss-reactive ketones (excluding diaryl/α,β-unsaturated/α-hetero) is 1. The van der Waals surface area contributed by atoms with E-state index in [9.17, 15) is 9.59 Å². The van der Waals surface area contributed by atoms with E-state index in [2.05, 4.69) is 5.32 Å². The molecule has 1 N–H and O–H groups in total. The van der Waals surface area contributed by atoms with Crippen molar-refractivity contribution in [2.24, 2.45) is 0 Å². The minimum atomic E-state index is -0.303. The third kappa shape index (κ3) is 5.98. The quantitative estimate of drug-likeness (QED) is 0.375. The highest BCUT2D eigenvalue weighted by atomic mass is 16.5. The monoisotopic (exact) mass is 431 g/mol. The second-order valence-corrected chi connectivity index (χ2v) is 6.98. The summed E-state index contributed by atoms with van der Waals surface area (Å²) in [5, 5.41) is 2.76. The number of ketones is 1. The Bertz CT molecular complexity index is 1080. The van der Waals surface area contributed by atoms with Gasteiger partial charge in [0.15, 0.2) is 17.3 Å². The summed E-state index contributed by atoms with van der Waals surface area (Å²) in [6, 6.07) is 20.1. The molecule has 6 heteroatoms. The summed E-state index contributed by atoms with van der Waals surface area (Å²) in [5.41, 5.74) is 2.93. The Morgan fingerprint density at radius 3 is 2.09 bits per heavy atom. The molecule has 0 saturated carbocycles. The SMILES string of the molecule is COc1cc(/C=C/C(=O)Nc2ccc(C(C)=O)cc2)cc(OC)c1OCc1ccccc1. The number of hydrogen-bond donors (Lipinski definition) is 1. The van der Waals surface area contributed by atoms with Gasteiger partial charge in [-0.05, 0) is 60.5 Å². The van der Waals surface area contributed by atoms with Crippen molar-refractivity contribution in [3.63, 3.8) is 0 Å². The van der Waals surface area contributed by atoms with Crippen LogP contribution in [0.3, 0.4) is 0 Å². The van der Waals surface area contributed by atoms with Crippen LogP contribution in [-0.2, 0) is 11.4 Å². The van der Waals surface area contributed by atoms with Crippen LogP contribution >= 0.6 is 0 Å². The summed E-state index contributed by atoms with van der Waals surface area (Å²) in [6.07, 6.45) is 3.07. The van der Waals surface area contributed by atoms with Crippen LogP contribution in [0.2, 0.25) is 0 Å². The van der Waals surface area contributed by atoms with Crippen LogP contribution in [0.5, 0.6) is 17.2 Å². The van der Waals surface area contributed by atoms with Crippen LogP contribution in [0.25, 0.3) is 6.08 Å². The molecule has 164 valence electrons. The molecule has 1 amide bonds. The van der Waals surface area contributed by atoms with E-state index in [0.29, 0.717) is 40.7 Å². The molecule has 3 aromatic rings. The van der Waals surface area contributed by atoms with Crippen LogP contribution in [0.4, 0.5) is 5.69 Å². The fraction of sp³-hybridized carbons (Fsp3) is 0.154. The van der Waals surface area contributed by atoms with Gasteiger partial charge in [0.05, 0.1) is 14.2 Å². The van der Waals surface area contributed by atoms with Crippen molar-refractivity contribution >= 4 is 23.5 Å². The minimum absolute atomic E-state index is 0.0261. The van der Waals surface area contributed by atoms with Crippen molar-refractivity contribution in [2.75, 3.05) is 19.5 Å². The molecule has 0 spiro atoms. The van der Waals surface area contributed by atoms with Gasteiger partial charge in [0.25, 0.3) is 0 Å². The summed E-state index contributed by atoms with van der Waals surface area (Å²) < 4.78 is 16.9. The number of ether oxygens (including phenoxy) is 3. The molecule has 0 unspecified atom stereocenters. The first-order valence-corrected chi connectivity index (χ1v) is 10.0. The predicted octanol–water partition coefficient (Wildman–Crippen LogP) is 5.14. The molecule has 0 aliphatic carbocycles. The normalized spacial score (nSPS) is 10.6. The van der Waals surface area contributed by atoms with Crippen molar-refractivity contribution < 1.29 is 23.8 Å². The van der Waals surface area contributed by atoms with E-state index in [4.69, 9.17) is 14.2 Å². The first kappa shape index (κ1) is 22.6. The molecule has 0 fully saturated rings. The number of nitrogens with one attached hydrogen (secondary N) is 1. The average Bonchev–Trinajstić information content (AvgIpc) is 2.82. The molecule has 0 aromatic heterocycles. The number of amides is 1. The van der Waals surface area contributed by atoms with Gasteiger partial charge in [0.2, 0.25) is 11.7 Å². The molecule has 0 bridgehead atoms. The maximum atomic E-state index is 12.3. The van der Waals surface area contributed by atoms with Crippen molar-refractivity contribution in [1.82, 2.24) is 0 Å². The maximum absolute atomic E-state index is 12.3. The fourth-order valence-corrected chi connectivity index (χ4v) is 3.01. The first-order chi connectivity index (χ1) is 15.5. The summed E-state index contributed by atoms with van der Waals surface area (Å²) in [7, 11) is 3.10. The van der Waals surface area contributed by atoms with Crippen molar-refractivity contribution in [3.8, 4) is 17.2 Å². The zero-order chi connectivity index (χ0) is 22.9. The first-order valence-electron chi connectivity index (χ1n) is 10.0. The highest BCUT2D eigenvalue weighted by molar-refractivity contribution is 6.02. The molecular formula is C26H25NO5. The van der Waals surface area contributed by atoms with Crippen LogP contribution < -0.4 is 19.5 Å². The Kier molecular flexibility index (Phi) is 7.65. The molecule has 0 saturated heterocycles. The molecule has 0 radical (unpaired) electrons. The lowest BCUT2D eigenvalue weighted by atomic mass is 10.1. The molecule has 3 rings (SSSR count). The zero-order valence-corrected chi connectivity index (χ0v) is 18.3. The van der Waals surface area contributed by atoms with E-state index in [-0.39, 0.29) is 11.7 Å². The molecule has 6 nitrogen and oxygen atoms in total. The largest absolute Gasteiger partial charge is 0.493 e. The summed E-state index contributed by atoms with van der Waals surface area (Å²) in [4.78, 5) is 23.6. The van der Waals surface area contributed by atoms with Gasteiger partial charge >= 0.3 is 0 Å². The number of carbonyl (C=O) groups excluding carboxylic acids is 2. The van der Waals surface area contributed by atoms with Crippen LogP contribution in [0, 0.1) is 0 Å². The number of benzene rings is 3. The van der Waals surface area contributed by atoms with Gasteiger partial charge in [-0.15, -0.1) is 0 Å². The third-order valence-corrected chi connectivity index (χ3v) is 4.70. The van der Waals surface area contributed by atoms with Gasteiger partial charge < -0.3 is 19.5 Å². The number of rotatable bonds is 9. The van der Waals surface area contributed by atoms with Gasteiger partial charge in [0.1, 0.15) is 6.61 Å². The molecule has 0 aliphatic rings. The molecular weight excluding hydrogens is 406 g/mol. The van der Waals surface area contributed by atoms with Crippen LogP contribution in [0.15, 0.2) is 72.8 Å². The highest BCUT2D eigenvalue weighted by Crippen LogP contribution is 2.39. The average molecular weight is 431 g/mol. The Morgan fingerprint density at radius 2 is 1.53 bits per heavy atom. The summed E-state index contributed by atoms with van der Waals surface area (Å²) >= 11 is 0. The Labute approximate surface area is 187 Å². The van der Waals surface area contributed by atoms with Crippen LogP contribution in [0.1, 0.15) is 28.4 Å². The predicted molar refractivity (Wildman–Crippen MR) is 124 cm³/mol. The van der Waals surface area contributed by atoms with E-state index in [1.807, 2.05) is 30.3 Å². The lowest BCUT2D eigenvalue weighted by molar-refractivity contribution is -0.111. The molecule has 32 heavy (non-hydrogen) atoms. The summed E-state index contributed by atoms with van der Waals surface area (Å²) in [5.74, 6) is 1.16. The smallest absolute Gasteiger partial charge is 0.248 e. The van der Waals surface area contributed by atoms with Gasteiger partial charge in [0, 0.05) is 17.3 Å². The topological polar surface area (TPSA) is 73.9 Å². The number of methoxy groups -OCH3 is 2. The minimum Gasteiger partial charge on any atom is -0.493 e. The molecule has 0 atom stereocenters. The van der Waals surface area contributed by atoms with Crippen molar-refractivity contribution in [3.05, 3.63) is 89.5 Å². The Balaban J connectivity index is 1.72. The van der Waals surface area contributed by atoms with E-state index >= 15 is 0 Å². The lowest BCUT2D eigenvalue weighted by Gasteiger charge is -2.15. The van der Waals surface area contributed by atoms with Gasteiger partial charge in [-0.25, -0.2) is 0 Å². The molecule has 0 aliphatic heterocycles. The van der Waals surface area contributed by atoms with E-state index in [1.165, 1.54) is 13.0 Å². The molecule has 3 aromatic carbocycles. The maximum Gasteiger partial charge on any atom is 0.248 e. The zero-order valence-electron chi connectivity index (χ0n) is 18.3. The van der Waals surface area contributed by atoms with Crippen molar-refractivity contribution in [2.45, 2.75) is 13.5 Å². The standard InChI is InChI=1S/C26H25NO5/c1-18(28)21-10-12-22(13-11-21)27-25(29)14-9-20-15-23(30-2)26(24(16-20)31-3)32-17-19-7-5-4-6-8-19/h4-16H,17H2,1-3H3,(H,27,29)/b14-9+.